The lowest BCUT2D eigenvalue weighted by Crippen LogP contribution is -2.38. The third kappa shape index (κ3) is 3.42. The number of rotatable bonds is 5. The first-order chi connectivity index (χ1) is 9.92. The minimum Gasteiger partial charge on any atom is -0.451 e. The average Bonchev–Trinajstić information content (AvgIpc) is 2.74. The van der Waals surface area contributed by atoms with Crippen LogP contribution in [0, 0.1) is 18.7 Å². The third-order valence-electron chi connectivity index (χ3n) is 3.42. The minimum atomic E-state index is -0.385. The number of aliphatic hydroxyl groups excluding tert-OH is 1. The fourth-order valence-corrected chi connectivity index (χ4v) is 2.41. The molecule has 1 atom stereocenters. The molecule has 114 valence electrons. The average molecular weight is 293 g/mol. The van der Waals surface area contributed by atoms with Gasteiger partial charge in [-0.25, -0.2) is 4.39 Å². The molecule has 2 rings (SSSR count). The first-order valence-corrected chi connectivity index (χ1v) is 7.02. The number of amides is 1. The maximum Gasteiger partial charge on any atom is 0.287 e. The van der Waals surface area contributed by atoms with E-state index in [0.717, 1.165) is 0 Å². The molecule has 4 nitrogen and oxygen atoms in total. The van der Waals surface area contributed by atoms with Crippen LogP contribution >= 0.6 is 0 Å². The molecule has 2 N–H and O–H groups in total. The summed E-state index contributed by atoms with van der Waals surface area (Å²) in [7, 11) is 0. The van der Waals surface area contributed by atoms with Crippen LogP contribution in [0.1, 0.15) is 36.4 Å². The summed E-state index contributed by atoms with van der Waals surface area (Å²) in [4.78, 5) is 12.3. The zero-order chi connectivity index (χ0) is 15.6. The largest absolute Gasteiger partial charge is 0.451 e. The fourth-order valence-electron chi connectivity index (χ4n) is 2.41. The van der Waals surface area contributed by atoms with Gasteiger partial charge < -0.3 is 14.8 Å². The van der Waals surface area contributed by atoms with Gasteiger partial charge in [-0.2, -0.15) is 0 Å². The molecule has 1 aromatic carbocycles. The van der Waals surface area contributed by atoms with Gasteiger partial charge in [-0.1, -0.05) is 13.8 Å². The quantitative estimate of drug-likeness (QED) is 0.890. The van der Waals surface area contributed by atoms with Gasteiger partial charge >= 0.3 is 0 Å². The predicted octanol–water partition coefficient (Wildman–Crippen LogP) is 3.02. The van der Waals surface area contributed by atoms with Crippen LogP contribution in [0.2, 0.25) is 0 Å². The van der Waals surface area contributed by atoms with E-state index >= 15 is 0 Å². The first kappa shape index (κ1) is 15.5. The normalized spacial score (nSPS) is 12.9. The van der Waals surface area contributed by atoms with E-state index in [-0.39, 0.29) is 30.1 Å². The number of aliphatic hydroxyl groups is 1. The Bertz CT molecular complexity index is 648. The van der Waals surface area contributed by atoms with Gasteiger partial charge in [-0.05, 0) is 37.5 Å². The van der Waals surface area contributed by atoms with Gasteiger partial charge in [0.25, 0.3) is 5.91 Å². The Balaban J connectivity index is 2.25. The highest BCUT2D eigenvalue weighted by Crippen LogP contribution is 2.26. The van der Waals surface area contributed by atoms with Crippen LogP contribution in [-0.2, 0) is 0 Å². The number of halogens is 1. The molecule has 0 aliphatic heterocycles. The lowest BCUT2D eigenvalue weighted by atomic mass is 10.0. The Labute approximate surface area is 122 Å². The summed E-state index contributed by atoms with van der Waals surface area (Å²) in [5, 5.41) is 12.7. The molecular formula is C16H20FNO3. The van der Waals surface area contributed by atoms with E-state index in [1.807, 2.05) is 13.8 Å². The summed E-state index contributed by atoms with van der Waals surface area (Å²) in [6.07, 6.45) is 0.677. The molecule has 0 aliphatic carbocycles. The number of benzene rings is 1. The number of aryl methyl sites for hydroxylation is 1. The molecule has 1 aromatic heterocycles. The molecule has 0 saturated heterocycles. The van der Waals surface area contributed by atoms with E-state index in [0.29, 0.717) is 28.9 Å². The molecule has 0 spiro atoms. The number of furan rings is 1. The summed E-state index contributed by atoms with van der Waals surface area (Å²) < 4.78 is 18.8. The van der Waals surface area contributed by atoms with Crippen LogP contribution in [-0.4, -0.2) is 23.7 Å². The predicted molar refractivity (Wildman–Crippen MR) is 78.7 cm³/mol. The molecule has 1 unspecified atom stereocenters. The lowest BCUT2D eigenvalue weighted by Gasteiger charge is -2.17. The van der Waals surface area contributed by atoms with Crippen LogP contribution < -0.4 is 5.32 Å². The van der Waals surface area contributed by atoms with E-state index < -0.39 is 0 Å². The topological polar surface area (TPSA) is 62.5 Å². The molecule has 0 fully saturated rings. The Morgan fingerprint density at radius 2 is 2.14 bits per heavy atom. The van der Waals surface area contributed by atoms with E-state index in [4.69, 9.17) is 4.42 Å². The zero-order valence-electron chi connectivity index (χ0n) is 12.4. The third-order valence-corrected chi connectivity index (χ3v) is 3.42. The standard InChI is InChI=1S/C16H20FNO3/c1-9(2)6-12(8-19)18-16(20)15-10(3)13-7-11(17)4-5-14(13)21-15/h4-5,7,9,12,19H,6,8H2,1-3H3,(H,18,20). The van der Waals surface area contributed by atoms with Crippen LogP contribution in [0.25, 0.3) is 11.0 Å². The monoisotopic (exact) mass is 293 g/mol. The van der Waals surface area contributed by atoms with Crippen LogP contribution in [0.4, 0.5) is 4.39 Å². The number of hydrogen-bond donors (Lipinski definition) is 2. The lowest BCUT2D eigenvalue weighted by molar-refractivity contribution is 0.0881. The van der Waals surface area contributed by atoms with Crippen molar-refractivity contribution in [3.63, 3.8) is 0 Å². The Morgan fingerprint density at radius 3 is 2.76 bits per heavy atom. The molecule has 0 radical (unpaired) electrons. The maximum atomic E-state index is 13.3. The first-order valence-electron chi connectivity index (χ1n) is 7.02. The number of carbonyl (C=O) groups excluding carboxylic acids is 1. The highest BCUT2D eigenvalue weighted by Gasteiger charge is 2.21. The van der Waals surface area contributed by atoms with Crippen LogP contribution in [0.15, 0.2) is 22.6 Å². The van der Waals surface area contributed by atoms with Crippen molar-refractivity contribution in [3.8, 4) is 0 Å². The number of carbonyl (C=O) groups is 1. The molecule has 0 saturated carbocycles. The number of hydrogen-bond acceptors (Lipinski definition) is 3. The second-order valence-electron chi connectivity index (χ2n) is 5.68. The molecule has 0 bridgehead atoms. The summed E-state index contributed by atoms with van der Waals surface area (Å²) in [6.45, 7) is 5.63. The number of nitrogens with one attached hydrogen (secondary N) is 1. The Morgan fingerprint density at radius 1 is 1.43 bits per heavy atom. The molecule has 5 heteroatoms. The van der Waals surface area contributed by atoms with E-state index in [9.17, 15) is 14.3 Å². The molecule has 1 heterocycles. The van der Waals surface area contributed by atoms with Crippen molar-refractivity contribution in [3.05, 3.63) is 35.3 Å². The summed E-state index contributed by atoms with van der Waals surface area (Å²) in [6, 6.07) is 3.83. The molecule has 2 aromatic rings. The number of fused-ring (bicyclic) bond motifs is 1. The fraction of sp³-hybridized carbons (Fsp3) is 0.438. The van der Waals surface area contributed by atoms with Crippen molar-refractivity contribution in [2.75, 3.05) is 6.61 Å². The molecule has 0 aliphatic rings. The van der Waals surface area contributed by atoms with Gasteiger partial charge in [0.15, 0.2) is 5.76 Å². The van der Waals surface area contributed by atoms with Gasteiger partial charge in [0, 0.05) is 10.9 Å². The molecule has 21 heavy (non-hydrogen) atoms. The SMILES string of the molecule is Cc1c(C(=O)NC(CO)CC(C)C)oc2ccc(F)cc12. The van der Waals surface area contributed by atoms with E-state index in [1.54, 1.807) is 6.92 Å². The second-order valence-corrected chi connectivity index (χ2v) is 5.68. The molecule has 1 amide bonds. The van der Waals surface area contributed by atoms with Crippen LogP contribution in [0.3, 0.4) is 0 Å². The van der Waals surface area contributed by atoms with Crippen molar-refractivity contribution in [2.24, 2.45) is 5.92 Å². The van der Waals surface area contributed by atoms with Crippen molar-refractivity contribution in [1.82, 2.24) is 5.32 Å². The summed E-state index contributed by atoms with van der Waals surface area (Å²) >= 11 is 0. The van der Waals surface area contributed by atoms with Crippen molar-refractivity contribution < 1.29 is 18.7 Å². The maximum absolute atomic E-state index is 13.3. The van der Waals surface area contributed by atoms with Gasteiger partial charge in [0.2, 0.25) is 0 Å². The minimum absolute atomic E-state index is 0.127. The van der Waals surface area contributed by atoms with Gasteiger partial charge in [-0.3, -0.25) is 4.79 Å². The second kappa shape index (κ2) is 6.26. The summed E-state index contributed by atoms with van der Waals surface area (Å²) in [5.41, 5.74) is 1.08. The van der Waals surface area contributed by atoms with Gasteiger partial charge in [-0.15, -0.1) is 0 Å². The van der Waals surface area contributed by atoms with E-state index in [2.05, 4.69) is 5.32 Å². The Hall–Kier alpha value is -1.88. The highest BCUT2D eigenvalue weighted by molar-refractivity contribution is 5.99. The van der Waals surface area contributed by atoms with E-state index in [1.165, 1.54) is 18.2 Å². The zero-order valence-corrected chi connectivity index (χ0v) is 12.4. The van der Waals surface area contributed by atoms with Crippen molar-refractivity contribution in [2.45, 2.75) is 33.2 Å². The smallest absolute Gasteiger partial charge is 0.287 e. The van der Waals surface area contributed by atoms with Gasteiger partial charge in [0.1, 0.15) is 11.4 Å². The Kier molecular flexibility index (Phi) is 4.63. The summed E-state index contributed by atoms with van der Waals surface area (Å²) in [5.74, 6) is -0.235. The highest BCUT2D eigenvalue weighted by atomic mass is 19.1. The van der Waals surface area contributed by atoms with Crippen molar-refractivity contribution >= 4 is 16.9 Å². The van der Waals surface area contributed by atoms with Crippen molar-refractivity contribution in [1.29, 1.82) is 0 Å². The van der Waals surface area contributed by atoms with Gasteiger partial charge in [0.05, 0.1) is 12.6 Å². The van der Waals surface area contributed by atoms with Crippen LogP contribution in [0.5, 0.6) is 0 Å². The molecular weight excluding hydrogens is 273 g/mol.